The molecular formula is C23H26N2O2. The Morgan fingerprint density at radius 2 is 1.85 bits per heavy atom. The van der Waals surface area contributed by atoms with E-state index in [4.69, 9.17) is 0 Å². The van der Waals surface area contributed by atoms with Gasteiger partial charge in [-0.2, -0.15) is 0 Å². The molecule has 0 N–H and O–H groups in total. The second kappa shape index (κ2) is 7.63. The lowest BCUT2D eigenvalue weighted by molar-refractivity contribution is -0.136. The van der Waals surface area contributed by atoms with Gasteiger partial charge in [-0.1, -0.05) is 30.3 Å². The SMILES string of the molecule is Cc1ccccc1C1CCN(C(=O)C2CCc3cccnc3C(=O)C2)CC1. The van der Waals surface area contributed by atoms with Crippen LogP contribution in [-0.2, 0) is 11.2 Å². The van der Waals surface area contributed by atoms with Gasteiger partial charge in [0.05, 0.1) is 0 Å². The number of carbonyl (C=O) groups excluding carboxylic acids is 2. The number of rotatable bonds is 2. The van der Waals surface area contributed by atoms with Crippen LogP contribution in [0.1, 0.15) is 58.8 Å². The van der Waals surface area contributed by atoms with E-state index < -0.39 is 0 Å². The highest BCUT2D eigenvalue weighted by atomic mass is 16.2. The summed E-state index contributed by atoms with van der Waals surface area (Å²) in [6, 6.07) is 12.4. The molecule has 27 heavy (non-hydrogen) atoms. The fourth-order valence-corrected chi connectivity index (χ4v) is 4.57. The minimum absolute atomic E-state index is 0.0104. The van der Waals surface area contributed by atoms with E-state index in [1.165, 1.54) is 11.1 Å². The maximum atomic E-state index is 13.1. The molecule has 1 fully saturated rings. The molecule has 1 saturated heterocycles. The summed E-state index contributed by atoms with van der Waals surface area (Å²) < 4.78 is 0. The number of ketones is 1. The third kappa shape index (κ3) is 3.66. The van der Waals surface area contributed by atoms with Crippen LogP contribution in [0.5, 0.6) is 0 Å². The molecule has 0 spiro atoms. The van der Waals surface area contributed by atoms with Crippen LogP contribution < -0.4 is 0 Å². The third-order valence-electron chi connectivity index (χ3n) is 6.13. The highest BCUT2D eigenvalue weighted by Crippen LogP contribution is 2.32. The summed E-state index contributed by atoms with van der Waals surface area (Å²) in [7, 11) is 0. The van der Waals surface area contributed by atoms with Crippen molar-refractivity contribution in [2.24, 2.45) is 5.92 Å². The van der Waals surface area contributed by atoms with E-state index in [1.54, 1.807) is 6.20 Å². The zero-order valence-corrected chi connectivity index (χ0v) is 15.9. The Kier molecular flexibility index (Phi) is 5.06. The average molecular weight is 362 g/mol. The first kappa shape index (κ1) is 17.9. The standard InChI is InChI=1S/C23H26N2O2/c1-16-5-2-3-7-20(16)17-10-13-25(14-11-17)23(27)19-9-8-18-6-4-12-24-22(18)21(26)15-19/h2-7,12,17,19H,8-11,13-15H2,1H3. The van der Waals surface area contributed by atoms with Gasteiger partial charge in [0.2, 0.25) is 5.91 Å². The Hall–Kier alpha value is -2.49. The molecule has 0 saturated carbocycles. The van der Waals surface area contributed by atoms with Gasteiger partial charge in [-0.05, 0) is 61.3 Å². The predicted octanol–water partition coefficient (Wildman–Crippen LogP) is 3.93. The van der Waals surface area contributed by atoms with Crippen LogP contribution in [0.3, 0.4) is 0 Å². The molecule has 2 aromatic rings. The normalized spacial score (nSPS) is 20.9. The molecule has 1 atom stereocenters. The number of nitrogens with zero attached hydrogens (tertiary/aromatic N) is 2. The average Bonchev–Trinajstić information content (AvgIpc) is 2.87. The molecular weight excluding hydrogens is 336 g/mol. The molecule has 140 valence electrons. The molecule has 2 heterocycles. The number of pyridine rings is 1. The number of likely N-dealkylation sites (tertiary alicyclic amines) is 1. The molecule has 1 aliphatic carbocycles. The zero-order chi connectivity index (χ0) is 18.8. The van der Waals surface area contributed by atoms with Gasteiger partial charge in [0.25, 0.3) is 0 Å². The van der Waals surface area contributed by atoms with E-state index >= 15 is 0 Å². The molecule has 1 aliphatic heterocycles. The monoisotopic (exact) mass is 362 g/mol. The summed E-state index contributed by atoms with van der Waals surface area (Å²) in [5.74, 6) is 0.483. The van der Waals surface area contributed by atoms with Crippen molar-refractivity contribution in [3.8, 4) is 0 Å². The van der Waals surface area contributed by atoms with E-state index in [0.717, 1.165) is 44.3 Å². The Morgan fingerprint density at radius 3 is 2.63 bits per heavy atom. The quantitative estimate of drug-likeness (QED) is 0.761. The van der Waals surface area contributed by atoms with Crippen molar-refractivity contribution < 1.29 is 9.59 Å². The van der Waals surface area contributed by atoms with Crippen LogP contribution in [0.4, 0.5) is 0 Å². The molecule has 0 bridgehead atoms. The van der Waals surface area contributed by atoms with Crippen LogP contribution >= 0.6 is 0 Å². The third-order valence-corrected chi connectivity index (χ3v) is 6.13. The summed E-state index contributed by atoms with van der Waals surface area (Å²) in [5.41, 5.74) is 4.29. The van der Waals surface area contributed by atoms with Gasteiger partial charge in [0, 0.05) is 31.6 Å². The number of hydrogen-bond acceptors (Lipinski definition) is 3. The lowest BCUT2D eigenvalue weighted by atomic mass is 9.86. The van der Waals surface area contributed by atoms with Crippen LogP contribution in [-0.4, -0.2) is 34.7 Å². The number of carbonyl (C=O) groups is 2. The van der Waals surface area contributed by atoms with Crippen LogP contribution in [0.15, 0.2) is 42.6 Å². The van der Waals surface area contributed by atoms with Gasteiger partial charge >= 0.3 is 0 Å². The van der Waals surface area contributed by atoms with Crippen molar-refractivity contribution >= 4 is 11.7 Å². The summed E-state index contributed by atoms with van der Waals surface area (Å²) in [6.07, 6.45) is 5.44. The van der Waals surface area contributed by atoms with Crippen molar-refractivity contribution in [2.45, 2.75) is 44.9 Å². The first-order chi connectivity index (χ1) is 13.1. The summed E-state index contributed by atoms with van der Waals surface area (Å²) >= 11 is 0. The number of benzene rings is 1. The predicted molar refractivity (Wildman–Crippen MR) is 105 cm³/mol. The molecule has 4 heteroatoms. The molecule has 1 aromatic carbocycles. The highest BCUT2D eigenvalue weighted by molar-refractivity contribution is 5.98. The van der Waals surface area contributed by atoms with Crippen molar-refractivity contribution in [3.63, 3.8) is 0 Å². The Labute approximate surface area is 160 Å². The minimum atomic E-state index is -0.207. The highest BCUT2D eigenvalue weighted by Gasteiger charge is 2.33. The number of hydrogen-bond donors (Lipinski definition) is 0. The van der Waals surface area contributed by atoms with E-state index in [2.05, 4.69) is 36.2 Å². The number of amides is 1. The van der Waals surface area contributed by atoms with Gasteiger partial charge in [0.1, 0.15) is 5.69 Å². The largest absolute Gasteiger partial charge is 0.342 e. The van der Waals surface area contributed by atoms with Gasteiger partial charge in [-0.15, -0.1) is 0 Å². The van der Waals surface area contributed by atoms with Crippen molar-refractivity contribution in [1.29, 1.82) is 0 Å². The second-order valence-corrected chi connectivity index (χ2v) is 7.83. The lowest BCUT2D eigenvalue weighted by Gasteiger charge is -2.34. The van der Waals surface area contributed by atoms with Crippen molar-refractivity contribution in [2.75, 3.05) is 13.1 Å². The molecule has 1 aromatic heterocycles. The maximum absolute atomic E-state index is 13.1. The van der Waals surface area contributed by atoms with Gasteiger partial charge in [-0.25, -0.2) is 0 Å². The minimum Gasteiger partial charge on any atom is -0.342 e. The molecule has 2 aliphatic rings. The first-order valence-corrected chi connectivity index (χ1v) is 9.95. The van der Waals surface area contributed by atoms with E-state index in [1.807, 2.05) is 17.0 Å². The number of aryl methyl sites for hydroxylation is 2. The Morgan fingerprint density at radius 1 is 1.07 bits per heavy atom. The number of piperidine rings is 1. The van der Waals surface area contributed by atoms with Gasteiger partial charge < -0.3 is 4.90 Å². The Balaban J connectivity index is 1.40. The first-order valence-electron chi connectivity index (χ1n) is 9.95. The molecule has 0 radical (unpaired) electrons. The van der Waals surface area contributed by atoms with E-state index in [-0.39, 0.29) is 17.6 Å². The van der Waals surface area contributed by atoms with E-state index in [9.17, 15) is 9.59 Å². The fraction of sp³-hybridized carbons (Fsp3) is 0.435. The van der Waals surface area contributed by atoms with Gasteiger partial charge in [-0.3, -0.25) is 14.6 Å². The summed E-state index contributed by atoms with van der Waals surface area (Å²) in [6.45, 7) is 3.73. The lowest BCUT2D eigenvalue weighted by Crippen LogP contribution is -2.41. The maximum Gasteiger partial charge on any atom is 0.226 e. The molecule has 1 unspecified atom stereocenters. The number of Topliss-reactive ketones (excluding diaryl/α,β-unsaturated/α-hetero) is 1. The van der Waals surface area contributed by atoms with Crippen molar-refractivity contribution in [3.05, 3.63) is 65.0 Å². The van der Waals surface area contributed by atoms with Gasteiger partial charge in [0.15, 0.2) is 5.78 Å². The zero-order valence-electron chi connectivity index (χ0n) is 15.9. The van der Waals surface area contributed by atoms with Crippen LogP contribution in [0.2, 0.25) is 0 Å². The topological polar surface area (TPSA) is 50.3 Å². The smallest absolute Gasteiger partial charge is 0.226 e. The number of aromatic nitrogens is 1. The summed E-state index contributed by atoms with van der Waals surface area (Å²) in [5, 5.41) is 0. The van der Waals surface area contributed by atoms with E-state index in [0.29, 0.717) is 18.0 Å². The second-order valence-electron chi connectivity index (χ2n) is 7.83. The van der Waals surface area contributed by atoms with Crippen LogP contribution in [0, 0.1) is 12.8 Å². The molecule has 1 amide bonds. The van der Waals surface area contributed by atoms with Crippen LogP contribution in [0.25, 0.3) is 0 Å². The number of fused-ring (bicyclic) bond motifs is 1. The summed E-state index contributed by atoms with van der Waals surface area (Å²) in [4.78, 5) is 31.8. The fourth-order valence-electron chi connectivity index (χ4n) is 4.57. The molecule has 4 nitrogen and oxygen atoms in total. The Bertz CT molecular complexity index is 853. The van der Waals surface area contributed by atoms with Crippen molar-refractivity contribution in [1.82, 2.24) is 9.88 Å². The molecule has 4 rings (SSSR count).